The predicted octanol–water partition coefficient (Wildman–Crippen LogP) is 3.28. The molecule has 32 heavy (non-hydrogen) atoms. The number of hydrogen-bond donors (Lipinski definition) is 1. The second-order valence-electron chi connectivity index (χ2n) is 7.69. The molecule has 0 saturated heterocycles. The van der Waals surface area contributed by atoms with Crippen molar-refractivity contribution in [2.24, 2.45) is 0 Å². The number of nitrogens with one attached hydrogen (secondary N) is 1. The van der Waals surface area contributed by atoms with Gasteiger partial charge in [-0.05, 0) is 49.1 Å². The first-order chi connectivity index (χ1) is 15.0. The Kier molecular flexibility index (Phi) is 8.69. The Morgan fingerprint density at radius 2 is 1.75 bits per heavy atom. The van der Waals surface area contributed by atoms with Crippen LogP contribution in [0.3, 0.4) is 0 Å². The highest BCUT2D eigenvalue weighted by molar-refractivity contribution is 7.92. The quantitative estimate of drug-likeness (QED) is 0.598. The zero-order valence-corrected chi connectivity index (χ0v) is 20.6. The topological polar surface area (TPSA) is 86.8 Å². The Morgan fingerprint density at radius 3 is 2.31 bits per heavy atom. The molecule has 0 saturated carbocycles. The van der Waals surface area contributed by atoms with Crippen LogP contribution in [0, 0.1) is 13.8 Å². The van der Waals surface area contributed by atoms with Gasteiger partial charge in [-0.3, -0.25) is 13.9 Å². The third-order valence-electron chi connectivity index (χ3n) is 5.35. The summed E-state index contributed by atoms with van der Waals surface area (Å²) in [4.78, 5) is 27.5. The molecule has 2 rings (SSSR count). The van der Waals surface area contributed by atoms with Gasteiger partial charge >= 0.3 is 0 Å². The molecule has 2 amide bonds. The third-order valence-corrected chi connectivity index (χ3v) is 6.71. The molecule has 1 N–H and O–H groups in total. The number of halogens is 1. The molecule has 9 heteroatoms. The summed E-state index contributed by atoms with van der Waals surface area (Å²) in [6, 6.07) is 11.7. The van der Waals surface area contributed by atoms with Gasteiger partial charge in [0.2, 0.25) is 21.8 Å². The maximum Gasteiger partial charge on any atom is 0.244 e. The van der Waals surface area contributed by atoms with E-state index in [1.54, 1.807) is 19.1 Å². The van der Waals surface area contributed by atoms with Crippen LogP contribution >= 0.6 is 11.6 Å². The van der Waals surface area contributed by atoms with Gasteiger partial charge in [-0.2, -0.15) is 0 Å². The van der Waals surface area contributed by atoms with Crippen molar-refractivity contribution in [3.63, 3.8) is 0 Å². The molecule has 0 aliphatic rings. The van der Waals surface area contributed by atoms with Crippen molar-refractivity contribution >= 4 is 39.1 Å². The van der Waals surface area contributed by atoms with E-state index in [2.05, 4.69) is 5.32 Å². The van der Waals surface area contributed by atoms with E-state index in [0.29, 0.717) is 22.7 Å². The van der Waals surface area contributed by atoms with Gasteiger partial charge < -0.3 is 10.2 Å². The molecule has 0 radical (unpaired) electrons. The van der Waals surface area contributed by atoms with Gasteiger partial charge in [-0.15, -0.1) is 0 Å². The minimum Gasteiger partial charge on any atom is -0.357 e. The number of hydrogen-bond acceptors (Lipinski definition) is 4. The van der Waals surface area contributed by atoms with E-state index >= 15 is 0 Å². The lowest BCUT2D eigenvalue weighted by Gasteiger charge is -2.33. The van der Waals surface area contributed by atoms with Crippen LogP contribution in [0.25, 0.3) is 0 Å². The molecule has 7 nitrogen and oxygen atoms in total. The fraction of sp³-hybridized carbons (Fsp3) is 0.391. The average Bonchev–Trinajstić information content (AvgIpc) is 2.73. The molecule has 0 aliphatic carbocycles. The van der Waals surface area contributed by atoms with Gasteiger partial charge in [-0.25, -0.2) is 8.42 Å². The zero-order valence-electron chi connectivity index (χ0n) is 19.1. The molecule has 0 heterocycles. The Labute approximate surface area is 195 Å². The van der Waals surface area contributed by atoms with Gasteiger partial charge in [0, 0.05) is 18.6 Å². The van der Waals surface area contributed by atoms with Crippen LogP contribution in [0.1, 0.15) is 30.0 Å². The van der Waals surface area contributed by atoms with E-state index in [1.807, 2.05) is 38.1 Å². The lowest BCUT2D eigenvalue weighted by atomic mass is 10.1. The Balaban J connectivity index is 2.49. The molecule has 1 atom stereocenters. The lowest BCUT2D eigenvalue weighted by Crippen LogP contribution is -2.51. The monoisotopic (exact) mass is 479 g/mol. The highest BCUT2D eigenvalue weighted by Crippen LogP contribution is 2.27. The second kappa shape index (κ2) is 10.8. The number of benzene rings is 2. The van der Waals surface area contributed by atoms with Crippen molar-refractivity contribution in [3.05, 3.63) is 64.2 Å². The highest BCUT2D eigenvalue weighted by Gasteiger charge is 2.32. The fourth-order valence-corrected chi connectivity index (χ4v) is 4.57. The summed E-state index contributed by atoms with van der Waals surface area (Å²) in [5.74, 6) is -0.784. The van der Waals surface area contributed by atoms with E-state index in [-0.39, 0.29) is 12.5 Å². The fourth-order valence-electron chi connectivity index (χ4n) is 3.50. The van der Waals surface area contributed by atoms with Gasteiger partial charge in [0.25, 0.3) is 0 Å². The molecule has 0 aliphatic heterocycles. The van der Waals surface area contributed by atoms with E-state index in [1.165, 1.54) is 18.0 Å². The number of nitrogens with zero attached hydrogens (tertiary/aromatic N) is 2. The van der Waals surface area contributed by atoms with E-state index in [9.17, 15) is 18.0 Å². The summed E-state index contributed by atoms with van der Waals surface area (Å²) in [6.45, 7) is 5.23. The third kappa shape index (κ3) is 6.23. The van der Waals surface area contributed by atoms with Crippen LogP contribution in [0.15, 0.2) is 42.5 Å². The molecular formula is C23H30ClN3O4S. The number of aryl methyl sites for hydroxylation is 2. The number of carbonyl (C=O) groups is 2. The summed E-state index contributed by atoms with van der Waals surface area (Å²) in [7, 11) is -2.28. The molecule has 2 aromatic carbocycles. The maximum atomic E-state index is 13.5. The molecule has 0 bridgehead atoms. The zero-order chi connectivity index (χ0) is 24.1. The summed E-state index contributed by atoms with van der Waals surface area (Å²) in [5, 5.41) is 2.96. The van der Waals surface area contributed by atoms with Crippen LogP contribution in [0.2, 0.25) is 5.02 Å². The minimum atomic E-state index is -3.80. The van der Waals surface area contributed by atoms with Gasteiger partial charge in [0.1, 0.15) is 12.6 Å². The number of amides is 2. The molecule has 174 valence electrons. The molecule has 0 fully saturated rings. The van der Waals surface area contributed by atoms with Gasteiger partial charge in [0.05, 0.1) is 11.9 Å². The lowest BCUT2D eigenvalue weighted by molar-refractivity contribution is -0.140. The van der Waals surface area contributed by atoms with E-state index < -0.39 is 28.5 Å². The van der Waals surface area contributed by atoms with Crippen LogP contribution in [-0.4, -0.2) is 51.0 Å². The smallest absolute Gasteiger partial charge is 0.244 e. The largest absolute Gasteiger partial charge is 0.357 e. The SMILES string of the molecule is CC[C@@H](C(=O)NC)N(Cc1ccccc1C)C(=O)CN(c1cc(Cl)ccc1C)S(C)(=O)=O. The predicted molar refractivity (Wildman–Crippen MR) is 128 cm³/mol. The number of carbonyl (C=O) groups excluding carboxylic acids is 2. The number of likely N-dealkylation sites (N-methyl/N-ethyl adjacent to an activating group) is 1. The molecule has 2 aromatic rings. The maximum absolute atomic E-state index is 13.5. The average molecular weight is 480 g/mol. The van der Waals surface area contributed by atoms with E-state index in [4.69, 9.17) is 11.6 Å². The Hall–Kier alpha value is -2.58. The van der Waals surface area contributed by atoms with E-state index in [0.717, 1.165) is 21.7 Å². The molecular weight excluding hydrogens is 450 g/mol. The first-order valence-electron chi connectivity index (χ1n) is 10.3. The number of rotatable bonds is 9. The summed E-state index contributed by atoms with van der Waals surface area (Å²) >= 11 is 6.10. The van der Waals surface area contributed by atoms with Crippen molar-refractivity contribution in [1.82, 2.24) is 10.2 Å². The van der Waals surface area contributed by atoms with Crippen molar-refractivity contribution in [2.45, 2.75) is 39.8 Å². The van der Waals surface area contributed by atoms with Crippen molar-refractivity contribution < 1.29 is 18.0 Å². The first kappa shape index (κ1) is 25.7. The van der Waals surface area contributed by atoms with Gasteiger partial charge in [-0.1, -0.05) is 48.9 Å². The van der Waals surface area contributed by atoms with Crippen molar-refractivity contribution in [1.29, 1.82) is 0 Å². The van der Waals surface area contributed by atoms with Crippen molar-refractivity contribution in [3.8, 4) is 0 Å². The van der Waals surface area contributed by atoms with Crippen LogP contribution < -0.4 is 9.62 Å². The number of sulfonamides is 1. The Morgan fingerprint density at radius 1 is 1.09 bits per heavy atom. The second-order valence-corrected chi connectivity index (χ2v) is 10.0. The summed E-state index contributed by atoms with van der Waals surface area (Å²) in [6.07, 6.45) is 1.43. The first-order valence-corrected chi connectivity index (χ1v) is 12.5. The Bertz CT molecular complexity index is 1090. The van der Waals surface area contributed by atoms with Crippen LogP contribution in [0.5, 0.6) is 0 Å². The standard InChI is InChI=1S/C23H30ClN3O4S/c1-6-20(23(29)25-4)26(14-18-10-8-7-9-16(18)2)22(28)15-27(32(5,30)31)21-13-19(24)12-11-17(21)3/h7-13,20H,6,14-15H2,1-5H3,(H,25,29)/t20-/m0/s1. The van der Waals surface area contributed by atoms with Crippen LogP contribution in [0.4, 0.5) is 5.69 Å². The molecule has 0 aromatic heterocycles. The van der Waals surface area contributed by atoms with Gasteiger partial charge in [0.15, 0.2) is 0 Å². The summed E-state index contributed by atoms with van der Waals surface area (Å²) in [5.41, 5.74) is 2.85. The van der Waals surface area contributed by atoms with Crippen molar-refractivity contribution in [2.75, 3.05) is 24.2 Å². The minimum absolute atomic E-state index is 0.184. The molecule has 0 unspecified atom stereocenters. The summed E-state index contributed by atoms with van der Waals surface area (Å²) < 4.78 is 26.3. The highest BCUT2D eigenvalue weighted by atomic mass is 35.5. The normalized spacial score (nSPS) is 12.2. The molecule has 0 spiro atoms. The van der Waals surface area contributed by atoms with Crippen LogP contribution in [-0.2, 0) is 26.2 Å². The number of anilines is 1.